The zero-order valence-electron chi connectivity index (χ0n) is 12.5. The quantitative estimate of drug-likeness (QED) is 0.520. The first-order valence-corrected chi connectivity index (χ1v) is 5.47. The second-order valence-corrected chi connectivity index (χ2v) is 3.49. The standard InChI is InChI=1S/C13H12N2O4.Na.H/c1-17-10-8-11(18-2)15-13(14-10)19-12(16)9-6-4-3-5-7-9;;/h3-8H,1-2H3;;/q;+1;-1. The smallest absolute Gasteiger partial charge is 1.00 e. The molecule has 0 aliphatic heterocycles. The third-order valence-corrected chi connectivity index (χ3v) is 2.27. The molecule has 0 fully saturated rings. The van der Waals surface area contributed by atoms with Gasteiger partial charge >= 0.3 is 41.5 Å². The normalized spacial score (nSPS) is 9.30. The molecule has 0 atom stereocenters. The van der Waals surface area contributed by atoms with Gasteiger partial charge in [0.25, 0.3) is 0 Å². The first-order chi connectivity index (χ1) is 9.22. The van der Waals surface area contributed by atoms with Crippen LogP contribution in [0.1, 0.15) is 11.8 Å². The van der Waals surface area contributed by atoms with E-state index in [0.717, 1.165) is 0 Å². The Labute approximate surface area is 139 Å². The van der Waals surface area contributed by atoms with Gasteiger partial charge in [0.05, 0.1) is 25.8 Å². The van der Waals surface area contributed by atoms with Crippen LogP contribution in [-0.4, -0.2) is 30.2 Å². The van der Waals surface area contributed by atoms with Crippen molar-refractivity contribution in [1.82, 2.24) is 9.97 Å². The van der Waals surface area contributed by atoms with Crippen LogP contribution in [0.4, 0.5) is 0 Å². The van der Waals surface area contributed by atoms with Crippen molar-refractivity contribution in [3.8, 4) is 17.8 Å². The third kappa shape index (κ3) is 4.19. The summed E-state index contributed by atoms with van der Waals surface area (Å²) >= 11 is 0. The van der Waals surface area contributed by atoms with Crippen LogP contribution in [0, 0.1) is 0 Å². The van der Waals surface area contributed by atoms with E-state index in [9.17, 15) is 4.79 Å². The van der Waals surface area contributed by atoms with Crippen molar-refractivity contribution in [1.29, 1.82) is 0 Å². The summed E-state index contributed by atoms with van der Waals surface area (Å²) in [7, 11) is 2.90. The molecular formula is C13H13N2NaO4. The van der Waals surface area contributed by atoms with E-state index >= 15 is 0 Å². The summed E-state index contributed by atoms with van der Waals surface area (Å²) in [6, 6.07) is 9.93. The maximum absolute atomic E-state index is 11.8. The van der Waals surface area contributed by atoms with Crippen molar-refractivity contribution in [3.63, 3.8) is 0 Å². The van der Waals surface area contributed by atoms with Gasteiger partial charge in [-0.2, -0.15) is 9.97 Å². The van der Waals surface area contributed by atoms with Crippen molar-refractivity contribution in [2.24, 2.45) is 0 Å². The predicted octanol–water partition coefficient (Wildman–Crippen LogP) is -1.17. The fourth-order valence-electron chi connectivity index (χ4n) is 1.35. The first-order valence-electron chi connectivity index (χ1n) is 5.47. The second-order valence-electron chi connectivity index (χ2n) is 3.49. The molecule has 0 N–H and O–H groups in total. The van der Waals surface area contributed by atoms with Crippen molar-refractivity contribution >= 4 is 5.97 Å². The van der Waals surface area contributed by atoms with Gasteiger partial charge in [0.1, 0.15) is 0 Å². The molecule has 2 aromatic rings. The molecule has 0 saturated carbocycles. The minimum absolute atomic E-state index is 0. The second kappa shape index (κ2) is 7.84. The molecule has 20 heavy (non-hydrogen) atoms. The van der Waals surface area contributed by atoms with Gasteiger partial charge in [-0.05, 0) is 12.1 Å². The molecule has 0 radical (unpaired) electrons. The Morgan fingerprint density at radius 1 is 1.05 bits per heavy atom. The topological polar surface area (TPSA) is 70.5 Å². The minimum atomic E-state index is -0.545. The number of hydrogen-bond acceptors (Lipinski definition) is 6. The number of ether oxygens (including phenoxy) is 3. The van der Waals surface area contributed by atoms with E-state index in [1.807, 2.05) is 6.07 Å². The summed E-state index contributed by atoms with van der Waals surface area (Å²) in [5, 5.41) is 0. The van der Waals surface area contributed by atoms with Gasteiger partial charge in [-0.15, -0.1) is 0 Å². The van der Waals surface area contributed by atoms with Crippen LogP contribution in [0.2, 0.25) is 0 Å². The molecule has 1 aromatic carbocycles. The van der Waals surface area contributed by atoms with Gasteiger partial charge in [-0.25, -0.2) is 4.79 Å². The maximum atomic E-state index is 11.8. The summed E-state index contributed by atoms with van der Waals surface area (Å²) in [5.74, 6) is -0.0404. The summed E-state index contributed by atoms with van der Waals surface area (Å²) < 4.78 is 15.0. The molecule has 1 heterocycles. The molecular weight excluding hydrogens is 271 g/mol. The fourth-order valence-corrected chi connectivity index (χ4v) is 1.35. The number of carbonyl (C=O) groups excluding carboxylic acids is 1. The molecule has 0 aliphatic carbocycles. The number of rotatable bonds is 4. The number of esters is 1. The summed E-state index contributed by atoms with van der Waals surface area (Å²) in [4.78, 5) is 19.6. The molecule has 100 valence electrons. The number of nitrogens with zero attached hydrogens (tertiary/aromatic N) is 2. The molecule has 0 aliphatic rings. The third-order valence-electron chi connectivity index (χ3n) is 2.27. The van der Waals surface area contributed by atoms with Gasteiger partial charge in [0, 0.05) is 0 Å². The molecule has 0 unspecified atom stereocenters. The summed E-state index contributed by atoms with van der Waals surface area (Å²) in [6.45, 7) is 0. The van der Waals surface area contributed by atoms with E-state index in [2.05, 4.69) is 9.97 Å². The number of carbonyl (C=O) groups is 1. The van der Waals surface area contributed by atoms with Crippen LogP contribution in [0.15, 0.2) is 36.4 Å². The monoisotopic (exact) mass is 284 g/mol. The van der Waals surface area contributed by atoms with Crippen molar-refractivity contribution in [3.05, 3.63) is 42.0 Å². The van der Waals surface area contributed by atoms with Crippen LogP contribution < -0.4 is 43.8 Å². The van der Waals surface area contributed by atoms with Gasteiger partial charge < -0.3 is 15.6 Å². The maximum Gasteiger partial charge on any atom is 1.00 e. The molecule has 0 spiro atoms. The Kier molecular flexibility index (Phi) is 6.44. The van der Waals surface area contributed by atoms with Crippen molar-refractivity contribution in [2.75, 3.05) is 14.2 Å². The van der Waals surface area contributed by atoms with Crippen LogP contribution in [0.3, 0.4) is 0 Å². The predicted molar refractivity (Wildman–Crippen MR) is 67.6 cm³/mol. The van der Waals surface area contributed by atoms with Crippen LogP contribution in [-0.2, 0) is 0 Å². The largest absolute Gasteiger partial charge is 1.00 e. The number of methoxy groups -OCH3 is 2. The van der Waals surface area contributed by atoms with Gasteiger partial charge in [0.2, 0.25) is 11.8 Å². The molecule has 7 heteroatoms. The Hall–Kier alpha value is -1.63. The average Bonchev–Trinajstić information content (AvgIpc) is 2.47. The van der Waals surface area contributed by atoms with E-state index < -0.39 is 5.97 Å². The fraction of sp³-hybridized carbons (Fsp3) is 0.154. The summed E-state index contributed by atoms with van der Waals surface area (Å²) in [5.41, 5.74) is 0.410. The minimum Gasteiger partial charge on any atom is -1.00 e. The van der Waals surface area contributed by atoms with Crippen molar-refractivity contribution in [2.45, 2.75) is 0 Å². The Bertz CT molecular complexity index is 561. The molecule has 6 nitrogen and oxygen atoms in total. The van der Waals surface area contributed by atoms with E-state index in [0.29, 0.717) is 5.56 Å². The zero-order chi connectivity index (χ0) is 13.7. The Balaban J connectivity index is 0.00000200. The molecule has 0 saturated heterocycles. The van der Waals surface area contributed by atoms with E-state index in [1.165, 1.54) is 20.3 Å². The van der Waals surface area contributed by atoms with E-state index in [4.69, 9.17) is 14.2 Å². The van der Waals surface area contributed by atoms with Crippen LogP contribution in [0.5, 0.6) is 17.8 Å². The molecule has 0 amide bonds. The Morgan fingerprint density at radius 2 is 1.60 bits per heavy atom. The van der Waals surface area contributed by atoms with Crippen LogP contribution in [0.25, 0.3) is 0 Å². The summed E-state index contributed by atoms with van der Waals surface area (Å²) in [6.07, 6.45) is 0. The van der Waals surface area contributed by atoms with Gasteiger partial charge in [-0.3, -0.25) is 0 Å². The number of hydrogen-bond donors (Lipinski definition) is 0. The van der Waals surface area contributed by atoms with E-state index in [-0.39, 0.29) is 48.8 Å². The van der Waals surface area contributed by atoms with Gasteiger partial charge in [0.15, 0.2) is 0 Å². The molecule has 0 bridgehead atoms. The molecule has 2 rings (SSSR count). The number of aromatic nitrogens is 2. The van der Waals surface area contributed by atoms with Crippen LogP contribution >= 0.6 is 0 Å². The van der Waals surface area contributed by atoms with Gasteiger partial charge in [-0.1, -0.05) is 18.2 Å². The SMILES string of the molecule is COc1cc(OC)nc(OC(=O)c2ccccc2)n1.[H-].[Na+]. The van der Waals surface area contributed by atoms with E-state index in [1.54, 1.807) is 24.3 Å². The first kappa shape index (κ1) is 16.4. The average molecular weight is 284 g/mol. The molecule has 1 aromatic heterocycles. The Morgan fingerprint density at radius 3 is 2.10 bits per heavy atom. The number of benzene rings is 1. The zero-order valence-corrected chi connectivity index (χ0v) is 13.5. The van der Waals surface area contributed by atoms with Crippen molar-refractivity contribution < 1.29 is 50.0 Å².